The second-order valence-electron chi connectivity index (χ2n) is 7.65. The van der Waals surface area contributed by atoms with Crippen molar-refractivity contribution in [2.24, 2.45) is 0 Å². The zero-order valence-electron chi connectivity index (χ0n) is 17.6. The van der Waals surface area contributed by atoms with E-state index in [4.69, 9.17) is 0 Å². The van der Waals surface area contributed by atoms with Gasteiger partial charge in [0, 0.05) is 38.4 Å². The highest BCUT2D eigenvalue weighted by molar-refractivity contribution is 7.89. The minimum absolute atomic E-state index is 0.0409. The Morgan fingerprint density at radius 3 is 2.31 bits per heavy atom. The maximum atomic E-state index is 13.3. The first-order valence-corrected chi connectivity index (χ1v) is 12.6. The second kappa shape index (κ2) is 9.40. The van der Waals surface area contributed by atoms with Gasteiger partial charge in [-0.15, -0.1) is 11.3 Å². The fraction of sp³-hybridized carbons (Fsp3) is 0.261. The van der Waals surface area contributed by atoms with Crippen LogP contribution in [0.4, 0.5) is 10.1 Å². The van der Waals surface area contributed by atoms with E-state index in [9.17, 15) is 17.6 Å². The van der Waals surface area contributed by atoms with Crippen molar-refractivity contribution in [3.63, 3.8) is 0 Å². The Kier molecular flexibility index (Phi) is 6.59. The molecule has 0 aliphatic carbocycles. The fourth-order valence-electron chi connectivity index (χ4n) is 3.61. The Labute approximate surface area is 191 Å². The number of carbonyl (C=O) groups excluding carboxylic acids is 1. The lowest BCUT2D eigenvalue weighted by atomic mass is 10.1. The van der Waals surface area contributed by atoms with Crippen LogP contribution >= 0.6 is 11.3 Å². The van der Waals surface area contributed by atoms with Crippen LogP contribution in [-0.2, 0) is 16.6 Å². The van der Waals surface area contributed by atoms with Gasteiger partial charge in [0.2, 0.25) is 10.0 Å². The van der Waals surface area contributed by atoms with Crippen molar-refractivity contribution in [2.45, 2.75) is 18.4 Å². The summed E-state index contributed by atoms with van der Waals surface area (Å²) in [5, 5.41) is 4.45. The molecule has 0 radical (unpaired) electrons. The molecule has 0 bridgehead atoms. The van der Waals surface area contributed by atoms with Crippen molar-refractivity contribution < 1.29 is 17.6 Å². The predicted octanol–water partition coefficient (Wildman–Crippen LogP) is 3.64. The number of nitrogens with one attached hydrogen (secondary N) is 1. The highest BCUT2D eigenvalue weighted by atomic mass is 32.2. The molecule has 2 aromatic carbocycles. The summed E-state index contributed by atoms with van der Waals surface area (Å²) in [5.74, 6) is -0.704. The van der Waals surface area contributed by atoms with Crippen LogP contribution in [0.3, 0.4) is 0 Å². The third-order valence-electron chi connectivity index (χ3n) is 5.46. The van der Waals surface area contributed by atoms with Gasteiger partial charge in [-0.3, -0.25) is 4.79 Å². The summed E-state index contributed by atoms with van der Waals surface area (Å²) in [6, 6.07) is 15.5. The highest BCUT2D eigenvalue weighted by Crippen LogP contribution is 2.27. The molecule has 1 amide bonds. The van der Waals surface area contributed by atoms with E-state index in [0.717, 1.165) is 28.2 Å². The number of piperazine rings is 1. The number of anilines is 1. The first kappa shape index (κ1) is 22.4. The molecule has 0 spiro atoms. The van der Waals surface area contributed by atoms with Crippen LogP contribution in [0.25, 0.3) is 0 Å². The molecule has 3 aromatic rings. The summed E-state index contributed by atoms with van der Waals surface area (Å²) < 4.78 is 41.1. The summed E-state index contributed by atoms with van der Waals surface area (Å²) in [6.07, 6.45) is 0. The van der Waals surface area contributed by atoms with E-state index in [1.165, 1.54) is 22.5 Å². The van der Waals surface area contributed by atoms with Gasteiger partial charge in [0.05, 0.1) is 0 Å². The summed E-state index contributed by atoms with van der Waals surface area (Å²) in [6.45, 7) is 3.88. The highest BCUT2D eigenvalue weighted by Gasteiger charge is 2.32. The lowest BCUT2D eigenvalue weighted by molar-refractivity contribution is 0.0952. The minimum Gasteiger partial charge on any atom is -0.369 e. The first-order chi connectivity index (χ1) is 15.3. The van der Waals surface area contributed by atoms with E-state index >= 15 is 0 Å². The molecule has 168 valence electrons. The Morgan fingerprint density at radius 1 is 1.00 bits per heavy atom. The molecule has 0 atom stereocenters. The van der Waals surface area contributed by atoms with Crippen molar-refractivity contribution in [3.8, 4) is 0 Å². The zero-order valence-corrected chi connectivity index (χ0v) is 19.3. The van der Waals surface area contributed by atoms with Crippen molar-refractivity contribution >= 4 is 33.0 Å². The molecule has 0 saturated carbocycles. The summed E-state index contributed by atoms with van der Waals surface area (Å²) in [7, 11) is -3.80. The minimum atomic E-state index is -3.80. The molecule has 1 saturated heterocycles. The van der Waals surface area contributed by atoms with Gasteiger partial charge in [-0.05, 0) is 48.2 Å². The number of benzene rings is 2. The first-order valence-electron chi connectivity index (χ1n) is 10.3. The molecule has 0 unspecified atom stereocenters. The Bertz CT molecular complexity index is 1180. The molecule has 6 nitrogen and oxygen atoms in total. The molecule has 1 N–H and O–H groups in total. The smallest absolute Gasteiger partial charge is 0.263 e. The number of amides is 1. The molecule has 1 aromatic heterocycles. The maximum absolute atomic E-state index is 13.3. The van der Waals surface area contributed by atoms with Gasteiger partial charge >= 0.3 is 0 Å². The molecule has 1 aliphatic rings. The van der Waals surface area contributed by atoms with Gasteiger partial charge in [0.1, 0.15) is 15.6 Å². The quantitative estimate of drug-likeness (QED) is 0.594. The van der Waals surface area contributed by atoms with Crippen molar-refractivity contribution in [3.05, 3.63) is 81.8 Å². The van der Waals surface area contributed by atoms with E-state index in [1.807, 2.05) is 36.1 Å². The maximum Gasteiger partial charge on any atom is 0.263 e. The van der Waals surface area contributed by atoms with Gasteiger partial charge in [-0.2, -0.15) is 4.31 Å². The van der Waals surface area contributed by atoms with Crippen molar-refractivity contribution in [1.29, 1.82) is 0 Å². The molecule has 9 heteroatoms. The molecule has 1 fully saturated rings. The lowest BCUT2D eigenvalue weighted by Gasteiger charge is -2.35. The van der Waals surface area contributed by atoms with Gasteiger partial charge < -0.3 is 10.2 Å². The van der Waals surface area contributed by atoms with Gasteiger partial charge in [0.25, 0.3) is 5.91 Å². The van der Waals surface area contributed by atoms with Gasteiger partial charge in [-0.1, -0.05) is 29.8 Å². The number of carbonyl (C=O) groups is 1. The molecular weight excluding hydrogens is 449 g/mol. The normalized spacial score (nSPS) is 15.0. The SMILES string of the molecule is Cc1ccc(CNC(=O)c2sccc2S(=O)(=O)N2CCN(c3ccc(F)cc3)CC2)cc1. The third kappa shape index (κ3) is 4.85. The zero-order chi connectivity index (χ0) is 22.7. The van der Waals surface area contributed by atoms with Crippen LogP contribution in [0.15, 0.2) is 64.9 Å². The van der Waals surface area contributed by atoms with Crippen molar-refractivity contribution in [2.75, 3.05) is 31.1 Å². The number of rotatable bonds is 6. The number of nitrogens with zero attached hydrogens (tertiary/aromatic N) is 2. The number of halogens is 1. The number of sulfonamides is 1. The van der Waals surface area contributed by atoms with Crippen LogP contribution in [0, 0.1) is 12.7 Å². The van der Waals surface area contributed by atoms with Gasteiger partial charge in [0.15, 0.2) is 0 Å². The summed E-state index contributed by atoms with van der Waals surface area (Å²) >= 11 is 1.12. The number of hydrogen-bond donors (Lipinski definition) is 1. The fourth-order valence-corrected chi connectivity index (χ4v) is 6.35. The summed E-state index contributed by atoms with van der Waals surface area (Å²) in [4.78, 5) is 15.0. The van der Waals surface area contributed by atoms with E-state index < -0.39 is 15.9 Å². The molecule has 2 heterocycles. The average molecular weight is 474 g/mol. The Morgan fingerprint density at radius 2 is 1.66 bits per heavy atom. The monoisotopic (exact) mass is 473 g/mol. The predicted molar refractivity (Wildman–Crippen MR) is 124 cm³/mol. The van der Waals surface area contributed by atoms with E-state index in [0.29, 0.717) is 32.7 Å². The topological polar surface area (TPSA) is 69.7 Å². The van der Waals surface area contributed by atoms with Crippen molar-refractivity contribution in [1.82, 2.24) is 9.62 Å². The number of aryl methyl sites for hydroxylation is 1. The number of thiophene rings is 1. The van der Waals surface area contributed by atoms with Crippen LogP contribution in [0.1, 0.15) is 20.8 Å². The molecule has 4 rings (SSSR count). The Hall–Kier alpha value is -2.75. The Balaban J connectivity index is 1.42. The summed E-state index contributed by atoms with van der Waals surface area (Å²) in [5.41, 5.74) is 2.93. The van der Waals surface area contributed by atoms with Crippen LogP contribution in [0.2, 0.25) is 0 Å². The standard InChI is InChI=1S/C23H24FN3O3S2/c1-17-2-4-18(5-3-17)16-25-23(28)22-21(10-15-31-22)32(29,30)27-13-11-26(12-14-27)20-8-6-19(24)7-9-20/h2-10,15H,11-14,16H2,1H3,(H,25,28). The van der Waals surface area contributed by atoms with Crippen LogP contribution in [-0.4, -0.2) is 44.8 Å². The third-order valence-corrected chi connectivity index (χ3v) is 8.44. The molecule has 32 heavy (non-hydrogen) atoms. The molecular formula is C23H24FN3O3S2. The molecule has 1 aliphatic heterocycles. The van der Waals surface area contributed by atoms with Crippen LogP contribution in [0.5, 0.6) is 0 Å². The largest absolute Gasteiger partial charge is 0.369 e. The lowest BCUT2D eigenvalue weighted by Crippen LogP contribution is -2.48. The van der Waals surface area contributed by atoms with E-state index in [1.54, 1.807) is 17.5 Å². The van der Waals surface area contributed by atoms with E-state index in [-0.39, 0.29) is 15.6 Å². The van der Waals surface area contributed by atoms with Crippen LogP contribution < -0.4 is 10.2 Å². The van der Waals surface area contributed by atoms with Gasteiger partial charge in [-0.25, -0.2) is 12.8 Å². The van der Waals surface area contributed by atoms with E-state index in [2.05, 4.69) is 5.32 Å². The second-order valence-corrected chi connectivity index (χ2v) is 10.5. The average Bonchev–Trinajstić information content (AvgIpc) is 3.30. The number of hydrogen-bond acceptors (Lipinski definition) is 5.